The second kappa shape index (κ2) is 7.28. The Morgan fingerprint density at radius 3 is 2.82 bits per heavy atom. The van der Waals surface area contributed by atoms with Crippen molar-refractivity contribution in [3.05, 3.63) is 12.2 Å². The molecule has 11 heavy (non-hydrogen) atoms. The fourth-order valence-electron chi connectivity index (χ4n) is 0.740. The molecule has 3 heteroatoms. The predicted octanol–water partition coefficient (Wildman–Crippen LogP) is 1.63. The van der Waals surface area contributed by atoms with Crippen molar-refractivity contribution in [2.75, 3.05) is 0 Å². The van der Waals surface area contributed by atoms with Crippen LogP contribution in [0, 0.1) is 0 Å². The van der Waals surface area contributed by atoms with E-state index in [-0.39, 0.29) is 0 Å². The van der Waals surface area contributed by atoms with Gasteiger partial charge in [0.15, 0.2) is 0 Å². The van der Waals surface area contributed by atoms with Gasteiger partial charge in [-0.2, -0.15) is 0 Å². The zero-order valence-corrected chi connectivity index (χ0v) is 6.84. The predicted molar refractivity (Wildman–Crippen MR) is 43.2 cm³/mol. The number of rotatable bonds is 5. The van der Waals surface area contributed by atoms with Gasteiger partial charge in [-0.05, 0) is 12.8 Å². The van der Waals surface area contributed by atoms with Crippen LogP contribution in [-0.2, 0) is 4.79 Å². The second-order valence-corrected chi connectivity index (χ2v) is 2.37. The van der Waals surface area contributed by atoms with Crippen LogP contribution in [0.4, 0.5) is 0 Å². The van der Waals surface area contributed by atoms with E-state index in [1.165, 1.54) is 24.4 Å². The minimum absolute atomic E-state index is 0.457. The number of carbonyl (C=O) groups is 1. The summed E-state index contributed by atoms with van der Waals surface area (Å²) >= 11 is 0. The Morgan fingerprint density at radius 1 is 1.55 bits per heavy atom. The summed E-state index contributed by atoms with van der Waals surface area (Å²) in [5.74, 6) is -0.457. The maximum Gasteiger partial charge on any atom is 0.267 e. The minimum Gasteiger partial charge on any atom is -0.288 e. The molecule has 0 bridgehead atoms. The van der Waals surface area contributed by atoms with Gasteiger partial charge < -0.3 is 0 Å². The van der Waals surface area contributed by atoms with Gasteiger partial charge in [-0.15, -0.1) is 0 Å². The van der Waals surface area contributed by atoms with Crippen LogP contribution < -0.4 is 5.48 Å². The van der Waals surface area contributed by atoms with Crippen LogP contribution in [0.2, 0.25) is 0 Å². The number of allylic oxidation sites excluding steroid dienone is 1. The normalized spacial score (nSPS) is 10.4. The summed E-state index contributed by atoms with van der Waals surface area (Å²) < 4.78 is 0. The van der Waals surface area contributed by atoms with Crippen LogP contribution >= 0.6 is 0 Å². The van der Waals surface area contributed by atoms with E-state index in [9.17, 15) is 4.79 Å². The molecule has 0 atom stereocenters. The maximum atomic E-state index is 10.4. The maximum absolute atomic E-state index is 10.4. The van der Waals surface area contributed by atoms with Crippen molar-refractivity contribution in [2.45, 2.75) is 32.6 Å². The summed E-state index contributed by atoms with van der Waals surface area (Å²) in [6.45, 7) is 2.13. The fraction of sp³-hybridized carbons (Fsp3) is 0.625. The number of hydrogen-bond acceptors (Lipinski definition) is 2. The van der Waals surface area contributed by atoms with Crippen molar-refractivity contribution in [2.24, 2.45) is 0 Å². The molecule has 0 saturated heterocycles. The zero-order valence-electron chi connectivity index (χ0n) is 6.84. The molecule has 0 unspecified atom stereocenters. The minimum atomic E-state index is -0.457. The van der Waals surface area contributed by atoms with Gasteiger partial charge >= 0.3 is 0 Å². The van der Waals surface area contributed by atoms with Gasteiger partial charge in [0.1, 0.15) is 0 Å². The van der Waals surface area contributed by atoms with E-state index in [0.29, 0.717) is 0 Å². The first-order valence-corrected chi connectivity index (χ1v) is 3.92. The fourth-order valence-corrected chi connectivity index (χ4v) is 0.740. The molecular formula is C8H15NO2. The molecule has 3 nitrogen and oxygen atoms in total. The van der Waals surface area contributed by atoms with E-state index < -0.39 is 5.91 Å². The van der Waals surface area contributed by atoms with Crippen molar-refractivity contribution >= 4 is 5.91 Å². The lowest BCUT2D eigenvalue weighted by Gasteiger charge is -1.91. The molecular weight excluding hydrogens is 142 g/mol. The molecule has 0 rings (SSSR count). The molecule has 0 aliphatic heterocycles. The molecule has 0 aromatic rings. The number of hydrogen-bond donors (Lipinski definition) is 2. The average Bonchev–Trinajstić information content (AvgIpc) is 2.04. The highest BCUT2D eigenvalue weighted by atomic mass is 16.5. The topological polar surface area (TPSA) is 49.3 Å². The number of hydroxylamine groups is 1. The zero-order chi connectivity index (χ0) is 8.53. The molecule has 0 radical (unpaired) electrons. The Balaban J connectivity index is 3.22. The van der Waals surface area contributed by atoms with Gasteiger partial charge in [-0.1, -0.05) is 25.8 Å². The number of nitrogens with one attached hydrogen (secondary N) is 1. The number of unbranched alkanes of at least 4 members (excludes halogenated alkanes) is 3. The average molecular weight is 157 g/mol. The van der Waals surface area contributed by atoms with Crippen molar-refractivity contribution in [1.29, 1.82) is 0 Å². The highest BCUT2D eigenvalue weighted by molar-refractivity contribution is 5.86. The SMILES string of the molecule is CCCCC/C=C/C(=O)NO. The number of amides is 1. The Hall–Kier alpha value is -0.830. The summed E-state index contributed by atoms with van der Waals surface area (Å²) in [6.07, 6.45) is 7.48. The lowest BCUT2D eigenvalue weighted by Crippen LogP contribution is -2.14. The van der Waals surface area contributed by atoms with Gasteiger partial charge in [0, 0.05) is 6.08 Å². The summed E-state index contributed by atoms with van der Waals surface area (Å²) in [4.78, 5) is 10.4. The lowest BCUT2D eigenvalue weighted by atomic mass is 10.2. The Bertz CT molecular complexity index is 132. The monoisotopic (exact) mass is 157 g/mol. The molecule has 0 fully saturated rings. The Labute approximate surface area is 67.1 Å². The van der Waals surface area contributed by atoms with Crippen molar-refractivity contribution in [3.63, 3.8) is 0 Å². The molecule has 0 aliphatic carbocycles. The van der Waals surface area contributed by atoms with Gasteiger partial charge in [-0.3, -0.25) is 10.0 Å². The quantitative estimate of drug-likeness (QED) is 0.276. The smallest absolute Gasteiger partial charge is 0.267 e. The third-order valence-electron chi connectivity index (χ3n) is 1.35. The summed E-state index contributed by atoms with van der Waals surface area (Å²) in [5, 5.41) is 8.09. The van der Waals surface area contributed by atoms with Crippen molar-refractivity contribution in [1.82, 2.24) is 5.48 Å². The molecule has 1 amide bonds. The first kappa shape index (κ1) is 10.2. The van der Waals surface area contributed by atoms with Crippen LogP contribution in [0.3, 0.4) is 0 Å². The van der Waals surface area contributed by atoms with Gasteiger partial charge in [-0.25, -0.2) is 5.48 Å². The molecule has 0 aliphatic rings. The van der Waals surface area contributed by atoms with Gasteiger partial charge in [0.2, 0.25) is 0 Å². The standard InChI is InChI=1S/C8H15NO2/c1-2-3-4-5-6-7-8(10)9-11/h6-7,11H,2-5H2,1H3,(H,9,10)/b7-6+. The van der Waals surface area contributed by atoms with Crippen molar-refractivity contribution in [3.8, 4) is 0 Å². The van der Waals surface area contributed by atoms with E-state index in [1.807, 2.05) is 0 Å². The summed E-state index contributed by atoms with van der Waals surface area (Å²) in [7, 11) is 0. The second-order valence-electron chi connectivity index (χ2n) is 2.37. The van der Waals surface area contributed by atoms with Crippen LogP contribution in [0.5, 0.6) is 0 Å². The van der Waals surface area contributed by atoms with Crippen LogP contribution in [0.1, 0.15) is 32.6 Å². The van der Waals surface area contributed by atoms with Gasteiger partial charge in [0.25, 0.3) is 5.91 Å². The van der Waals surface area contributed by atoms with E-state index in [2.05, 4.69) is 6.92 Å². The van der Waals surface area contributed by atoms with Crippen molar-refractivity contribution < 1.29 is 10.0 Å². The Kier molecular flexibility index (Phi) is 6.73. The van der Waals surface area contributed by atoms with Gasteiger partial charge in [0.05, 0.1) is 0 Å². The van der Waals surface area contributed by atoms with Crippen LogP contribution in [-0.4, -0.2) is 11.1 Å². The van der Waals surface area contributed by atoms with E-state index in [4.69, 9.17) is 5.21 Å². The first-order chi connectivity index (χ1) is 5.31. The third-order valence-corrected chi connectivity index (χ3v) is 1.35. The first-order valence-electron chi connectivity index (χ1n) is 3.92. The lowest BCUT2D eigenvalue weighted by molar-refractivity contribution is -0.124. The molecule has 2 N–H and O–H groups in total. The Morgan fingerprint density at radius 2 is 2.27 bits per heavy atom. The molecule has 0 aromatic heterocycles. The molecule has 0 spiro atoms. The summed E-state index contributed by atoms with van der Waals surface area (Å²) in [5.41, 5.74) is 1.53. The third kappa shape index (κ3) is 7.06. The van der Waals surface area contributed by atoms with E-state index in [0.717, 1.165) is 12.8 Å². The van der Waals surface area contributed by atoms with Crippen LogP contribution in [0.25, 0.3) is 0 Å². The molecule has 0 heterocycles. The molecule has 0 aromatic carbocycles. The van der Waals surface area contributed by atoms with E-state index in [1.54, 1.807) is 6.08 Å². The van der Waals surface area contributed by atoms with Crippen LogP contribution in [0.15, 0.2) is 12.2 Å². The number of carbonyl (C=O) groups excluding carboxylic acids is 1. The molecule has 0 saturated carbocycles. The largest absolute Gasteiger partial charge is 0.288 e. The highest BCUT2D eigenvalue weighted by Crippen LogP contribution is 1.98. The highest BCUT2D eigenvalue weighted by Gasteiger charge is 1.87. The van der Waals surface area contributed by atoms with E-state index >= 15 is 0 Å². The summed E-state index contributed by atoms with van der Waals surface area (Å²) in [6, 6.07) is 0. The molecule has 64 valence electrons.